The zero-order valence-electron chi connectivity index (χ0n) is 8.66. The van der Waals surface area contributed by atoms with Gasteiger partial charge >= 0.3 is 5.97 Å². The summed E-state index contributed by atoms with van der Waals surface area (Å²) in [6.45, 7) is 7.46. The normalized spacial score (nSPS) is 16.7. The van der Waals surface area contributed by atoms with Crippen LogP contribution in [0.15, 0.2) is 0 Å². The molecule has 0 amide bonds. The Balaban J connectivity index is 4.20. The van der Waals surface area contributed by atoms with Crippen LogP contribution in [0.25, 0.3) is 0 Å². The number of aliphatic carboxylic acids is 1. The molecule has 1 unspecified atom stereocenters. The summed E-state index contributed by atoms with van der Waals surface area (Å²) in [6.07, 6.45) is -0.524. The van der Waals surface area contributed by atoms with Gasteiger partial charge in [-0.3, -0.25) is 4.79 Å². The molecule has 0 bridgehead atoms. The van der Waals surface area contributed by atoms with Crippen molar-refractivity contribution in [3.8, 4) is 0 Å². The van der Waals surface area contributed by atoms with Gasteiger partial charge in [0.1, 0.15) is 6.04 Å². The van der Waals surface area contributed by atoms with E-state index in [-0.39, 0.29) is 5.41 Å². The van der Waals surface area contributed by atoms with Gasteiger partial charge < -0.3 is 15.5 Å². The molecule has 0 rings (SSSR count). The van der Waals surface area contributed by atoms with E-state index in [1.54, 1.807) is 6.92 Å². The number of carboxylic acid groups (broad SMARTS) is 1. The molecular formula is C9H19NO3. The van der Waals surface area contributed by atoms with Gasteiger partial charge in [-0.05, 0) is 12.3 Å². The van der Waals surface area contributed by atoms with Crippen LogP contribution in [-0.4, -0.2) is 34.9 Å². The first-order valence-electron chi connectivity index (χ1n) is 4.39. The lowest BCUT2D eigenvalue weighted by Crippen LogP contribution is -2.48. The van der Waals surface area contributed by atoms with Gasteiger partial charge in [-0.1, -0.05) is 20.8 Å². The second kappa shape index (κ2) is 4.58. The number of hydrogen-bond donors (Lipinski definition) is 3. The number of aliphatic hydroxyl groups is 1. The Hall–Kier alpha value is -0.610. The zero-order valence-corrected chi connectivity index (χ0v) is 8.66. The van der Waals surface area contributed by atoms with Gasteiger partial charge in [0.2, 0.25) is 0 Å². The van der Waals surface area contributed by atoms with Gasteiger partial charge in [0.15, 0.2) is 0 Å². The maximum absolute atomic E-state index is 10.8. The summed E-state index contributed by atoms with van der Waals surface area (Å²) in [4.78, 5) is 10.8. The van der Waals surface area contributed by atoms with Crippen molar-refractivity contribution in [2.24, 2.45) is 5.41 Å². The van der Waals surface area contributed by atoms with Crippen molar-refractivity contribution in [1.29, 1.82) is 0 Å². The number of carbonyl (C=O) groups is 1. The van der Waals surface area contributed by atoms with Crippen molar-refractivity contribution in [3.63, 3.8) is 0 Å². The molecule has 13 heavy (non-hydrogen) atoms. The van der Waals surface area contributed by atoms with E-state index < -0.39 is 18.1 Å². The number of hydrogen-bond acceptors (Lipinski definition) is 3. The van der Waals surface area contributed by atoms with Gasteiger partial charge in [-0.15, -0.1) is 0 Å². The summed E-state index contributed by atoms with van der Waals surface area (Å²) in [5.41, 5.74) is -0.347. The lowest BCUT2D eigenvalue weighted by molar-refractivity contribution is -0.142. The predicted molar refractivity (Wildman–Crippen MR) is 50.6 cm³/mol. The minimum absolute atomic E-state index is 0.300. The van der Waals surface area contributed by atoms with E-state index in [9.17, 15) is 4.79 Å². The average Bonchev–Trinajstić information content (AvgIpc) is 1.81. The molecule has 0 aromatic carbocycles. The van der Waals surface area contributed by atoms with Crippen LogP contribution in [0, 0.1) is 5.41 Å². The quantitative estimate of drug-likeness (QED) is 0.601. The largest absolute Gasteiger partial charge is 0.480 e. The van der Waals surface area contributed by atoms with Crippen molar-refractivity contribution < 1.29 is 15.0 Å². The van der Waals surface area contributed by atoms with Crippen LogP contribution in [0.5, 0.6) is 0 Å². The Morgan fingerprint density at radius 1 is 1.46 bits per heavy atom. The SMILES string of the molecule is CC(O)CN[C@H](C(=O)O)C(C)(C)C. The highest BCUT2D eigenvalue weighted by Crippen LogP contribution is 2.19. The fourth-order valence-electron chi connectivity index (χ4n) is 1.05. The van der Waals surface area contributed by atoms with E-state index in [4.69, 9.17) is 10.2 Å². The Morgan fingerprint density at radius 2 is 1.92 bits per heavy atom. The third-order valence-corrected chi connectivity index (χ3v) is 1.73. The third kappa shape index (κ3) is 4.85. The highest BCUT2D eigenvalue weighted by atomic mass is 16.4. The summed E-state index contributed by atoms with van der Waals surface area (Å²) in [6, 6.07) is -0.623. The molecule has 0 heterocycles. The lowest BCUT2D eigenvalue weighted by atomic mass is 9.87. The number of rotatable bonds is 4. The van der Waals surface area contributed by atoms with E-state index in [1.165, 1.54) is 0 Å². The molecule has 3 N–H and O–H groups in total. The lowest BCUT2D eigenvalue weighted by Gasteiger charge is -2.28. The van der Waals surface area contributed by atoms with Crippen LogP contribution in [0.3, 0.4) is 0 Å². The maximum Gasteiger partial charge on any atom is 0.321 e. The minimum Gasteiger partial charge on any atom is -0.480 e. The van der Waals surface area contributed by atoms with Crippen molar-refractivity contribution >= 4 is 5.97 Å². The second-order valence-electron chi connectivity index (χ2n) is 4.39. The standard InChI is InChI=1S/C9H19NO3/c1-6(11)5-10-7(8(12)13)9(2,3)4/h6-7,10-11H,5H2,1-4H3,(H,12,13)/t6?,7-/m1/s1. The van der Waals surface area contributed by atoms with Gasteiger partial charge in [0.05, 0.1) is 6.10 Å². The van der Waals surface area contributed by atoms with Crippen LogP contribution < -0.4 is 5.32 Å². The van der Waals surface area contributed by atoms with E-state index >= 15 is 0 Å². The number of aliphatic hydroxyl groups excluding tert-OH is 1. The zero-order chi connectivity index (χ0) is 10.6. The van der Waals surface area contributed by atoms with Crippen LogP contribution in [0.1, 0.15) is 27.7 Å². The summed E-state index contributed by atoms with van der Waals surface area (Å²) < 4.78 is 0. The highest BCUT2D eigenvalue weighted by molar-refractivity contribution is 5.74. The van der Waals surface area contributed by atoms with Gasteiger partial charge in [-0.2, -0.15) is 0 Å². The van der Waals surface area contributed by atoms with Crippen LogP contribution in [-0.2, 0) is 4.79 Å². The van der Waals surface area contributed by atoms with E-state index in [0.717, 1.165) is 0 Å². The van der Waals surface area contributed by atoms with Gasteiger partial charge in [0, 0.05) is 6.54 Å². The minimum atomic E-state index is -0.881. The first kappa shape index (κ1) is 12.4. The molecular weight excluding hydrogens is 170 g/mol. The Morgan fingerprint density at radius 3 is 2.15 bits per heavy atom. The second-order valence-corrected chi connectivity index (χ2v) is 4.39. The first-order chi connectivity index (χ1) is 5.75. The monoisotopic (exact) mass is 189 g/mol. The summed E-state index contributed by atoms with van der Waals surface area (Å²) >= 11 is 0. The first-order valence-corrected chi connectivity index (χ1v) is 4.39. The van der Waals surface area contributed by atoms with Gasteiger partial charge in [0.25, 0.3) is 0 Å². The summed E-state index contributed by atoms with van der Waals surface area (Å²) in [5, 5.41) is 20.7. The maximum atomic E-state index is 10.8. The van der Waals surface area contributed by atoms with E-state index in [0.29, 0.717) is 6.54 Å². The third-order valence-electron chi connectivity index (χ3n) is 1.73. The van der Waals surface area contributed by atoms with Crippen LogP contribution in [0.2, 0.25) is 0 Å². The molecule has 0 radical (unpaired) electrons. The topological polar surface area (TPSA) is 69.6 Å². The molecule has 0 fully saturated rings. The molecule has 0 saturated carbocycles. The molecule has 0 aromatic heterocycles. The Kier molecular flexibility index (Phi) is 4.36. The molecule has 4 heteroatoms. The molecule has 4 nitrogen and oxygen atoms in total. The number of nitrogens with one attached hydrogen (secondary N) is 1. The molecule has 78 valence electrons. The van der Waals surface area contributed by atoms with Crippen molar-refractivity contribution in [3.05, 3.63) is 0 Å². The van der Waals surface area contributed by atoms with Crippen molar-refractivity contribution in [1.82, 2.24) is 5.32 Å². The van der Waals surface area contributed by atoms with Crippen molar-refractivity contribution in [2.75, 3.05) is 6.54 Å². The Labute approximate surface area is 79.0 Å². The summed E-state index contributed by atoms with van der Waals surface area (Å²) in [5.74, 6) is -0.881. The molecule has 2 atom stereocenters. The number of carboxylic acids is 1. The molecule has 0 aliphatic rings. The fourth-order valence-corrected chi connectivity index (χ4v) is 1.05. The fraction of sp³-hybridized carbons (Fsp3) is 0.889. The Bertz CT molecular complexity index is 172. The summed E-state index contributed by atoms with van der Waals surface area (Å²) in [7, 11) is 0. The molecule has 0 aliphatic heterocycles. The highest BCUT2D eigenvalue weighted by Gasteiger charge is 2.30. The molecule has 0 spiro atoms. The smallest absolute Gasteiger partial charge is 0.321 e. The van der Waals surface area contributed by atoms with Crippen LogP contribution >= 0.6 is 0 Å². The molecule has 0 saturated heterocycles. The predicted octanol–water partition coefficient (Wildman–Crippen LogP) is 0.456. The van der Waals surface area contributed by atoms with Crippen LogP contribution in [0.4, 0.5) is 0 Å². The van der Waals surface area contributed by atoms with E-state index in [2.05, 4.69) is 5.32 Å². The average molecular weight is 189 g/mol. The molecule has 0 aromatic rings. The van der Waals surface area contributed by atoms with Gasteiger partial charge in [-0.25, -0.2) is 0 Å². The van der Waals surface area contributed by atoms with E-state index in [1.807, 2.05) is 20.8 Å². The van der Waals surface area contributed by atoms with Crippen molar-refractivity contribution in [2.45, 2.75) is 39.8 Å². The molecule has 0 aliphatic carbocycles.